The van der Waals surface area contributed by atoms with Gasteiger partial charge in [0.15, 0.2) is 0 Å². The number of rotatable bonds is 6. The molecule has 1 aromatic rings. The van der Waals surface area contributed by atoms with Crippen LogP contribution in [0.4, 0.5) is 5.82 Å². The van der Waals surface area contributed by atoms with Crippen LogP contribution in [0.25, 0.3) is 0 Å². The lowest BCUT2D eigenvalue weighted by molar-refractivity contribution is -0.106. The number of aromatic nitrogens is 2. The van der Waals surface area contributed by atoms with Crippen molar-refractivity contribution in [3.8, 4) is 0 Å². The third-order valence-corrected chi connectivity index (χ3v) is 3.38. The van der Waals surface area contributed by atoms with E-state index in [-0.39, 0.29) is 18.3 Å². The Bertz CT molecular complexity index is 387. The van der Waals surface area contributed by atoms with E-state index in [4.69, 9.17) is 9.47 Å². The molecule has 0 aromatic carbocycles. The predicted octanol–water partition coefficient (Wildman–Crippen LogP) is 2.77. The van der Waals surface area contributed by atoms with E-state index >= 15 is 0 Å². The molecule has 20 heavy (non-hydrogen) atoms. The maximum Gasteiger partial charge on any atom is 0.144 e. The molecule has 1 aliphatic rings. The highest BCUT2D eigenvalue weighted by Gasteiger charge is 2.24. The second-order valence-corrected chi connectivity index (χ2v) is 5.48. The van der Waals surface area contributed by atoms with E-state index in [1.807, 2.05) is 0 Å². The molecule has 0 bridgehead atoms. The summed E-state index contributed by atoms with van der Waals surface area (Å²) < 4.78 is 11.6. The van der Waals surface area contributed by atoms with E-state index < -0.39 is 0 Å². The van der Waals surface area contributed by atoms with Crippen molar-refractivity contribution >= 4 is 5.82 Å². The molecule has 5 nitrogen and oxygen atoms in total. The zero-order valence-electron chi connectivity index (χ0n) is 12.6. The molecule has 0 amide bonds. The monoisotopic (exact) mass is 279 g/mol. The van der Waals surface area contributed by atoms with Crippen molar-refractivity contribution in [1.82, 2.24) is 9.97 Å². The lowest BCUT2D eigenvalue weighted by Gasteiger charge is -2.31. The molecular formula is C15H25N3O2. The first-order valence-corrected chi connectivity index (χ1v) is 7.49. The van der Waals surface area contributed by atoms with Crippen molar-refractivity contribution in [3.05, 3.63) is 18.1 Å². The summed E-state index contributed by atoms with van der Waals surface area (Å²) in [6.07, 6.45) is 7.33. The van der Waals surface area contributed by atoms with E-state index in [1.54, 1.807) is 12.4 Å². The zero-order valence-corrected chi connectivity index (χ0v) is 12.6. The van der Waals surface area contributed by atoms with Gasteiger partial charge in [0.1, 0.15) is 5.82 Å². The van der Waals surface area contributed by atoms with E-state index in [0.717, 1.165) is 37.3 Å². The topological polar surface area (TPSA) is 56.3 Å². The summed E-state index contributed by atoms with van der Waals surface area (Å²) in [5.41, 5.74) is 0.874. The molecule has 0 saturated carbocycles. The maximum atomic E-state index is 5.93. The van der Waals surface area contributed by atoms with Crippen LogP contribution >= 0.6 is 0 Å². The van der Waals surface area contributed by atoms with Gasteiger partial charge >= 0.3 is 0 Å². The summed E-state index contributed by atoms with van der Waals surface area (Å²) in [5.74, 6) is 0.823. The van der Waals surface area contributed by atoms with Gasteiger partial charge in [0.25, 0.3) is 0 Å². The highest BCUT2D eigenvalue weighted by molar-refractivity contribution is 5.30. The fourth-order valence-corrected chi connectivity index (χ4v) is 2.46. The zero-order chi connectivity index (χ0) is 14.4. The minimum atomic E-state index is 0.258. The first-order chi connectivity index (χ1) is 9.67. The quantitative estimate of drug-likeness (QED) is 0.867. The van der Waals surface area contributed by atoms with E-state index in [0.29, 0.717) is 6.61 Å². The number of ether oxygens (including phenoxy) is 2. The summed E-state index contributed by atoms with van der Waals surface area (Å²) in [4.78, 5) is 8.70. The summed E-state index contributed by atoms with van der Waals surface area (Å²) in [6.45, 7) is 7.76. The Morgan fingerprint density at radius 3 is 2.60 bits per heavy atom. The molecule has 1 aromatic heterocycles. The van der Waals surface area contributed by atoms with Crippen molar-refractivity contribution in [2.24, 2.45) is 0 Å². The molecule has 5 heteroatoms. The first kappa shape index (κ1) is 15.2. The number of anilines is 1. The molecule has 1 N–H and O–H groups in total. The van der Waals surface area contributed by atoms with E-state index in [2.05, 4.69) is 36.1 Å². The average molecular weight is 279 g/mol. The second-order valence-electron chi connectivity index (χ2n) is 5.48. The number of nitrogens with one attached hydrogen (secondary N) is 1. The van der Waals surface area contributed by atoms with Crippen LogP contribution in [0.2, 0.25) is 0 Å². The van der Waals surface area contributed by atoms with Crippen LogP contribution < -0.4 is 5.32 Å². The molecule has 2 rings (SSSR count). The van der Waals surface area contributed by atoms with Crippen LogP contribution in [0.3, 0.4) is 0 Å². The van der Waals surface area contributed by atoms with Gasteiger partial charge < -0.3 is 14.8 Å². The fourth-order valence-electron chi connectivity index (χ4n) is 2.46. The Morgan fingerprint density at radius 1 is 1.25 bits per heavy atom. The highest BCUT2D eigenvalue weighted by Crippen LogP contribution is 2.22. The molecule has 0 aliphatic carbocycles. The van der Waals surface area contributed by atoms with Crippen molar-refractivity contribution in [2.45, 2.75) is 65.0 Å². The average Bonchev–Trinajstić information content (AvgIpc) is 2.43. The predicted molar refractivity (Wildman–Crippen MR) is 78.6 cm³/mol. The highest BCUT2D eigenvalue weighted by atomic mass is 16.5. The van der Waals surface area contributed by atoms with Gasteiger partial charge in [-0.1, -0.05) is 6.92 Å². The van der Waals surface area contributed by atoms with Gasteiger partial charge in [-0.05, 0) is 33.1 Å². The third-order valence-electron chi connectivity index (χ3n) is 3.38. The lowest BCUT2D eigenvalue weighted by Crippen LogP contribution is -2.34. The number of hydrogen-bond donors (Lipinski definition) is 1. The third kappa shape index (κ3) is 4.72. The van der Waals surface area contributed by atoms with E-state index in [9.17, 15) is 0 Å². The van der Waals surface area contributed by atoms with Gasteiger partial charge in [-0.3, -0.25) is 4.98 Å². The van der Waals surface area contributed by atoms with Gasteiger partial charge in [-0.2, -0.15) is 0 Å². The van der Waals surface area contributed by atoms with Gasteiger partial charge in [0.2, 0.25) is 0 Å². The van der Waals surface area contributed by atoms with Crippen LogP contribution in [0, 0.1) is 0 Å². The Morgan fingerprint density at radius 2 is 2.00 bits per heavy atom. The number of hydrogen-bond acceptors (Lipinski definition) is 5. The molecule has 0 radical (unpaired) electrons. The normalized spacial score (nSPS) is 26.4. The molecule has 1 aliphatic heterocycles. The van der Waals surface area contributed by atoms with Crippen LogP contribution in [0.5, 0.6) is 0 Å². The minimum absolute atomic E-state index is 0.258. The minimum Gasteiger partial charge on any atom is -0.375 e. The van der Waals surface area contributed by atoms with Gasteiger partial charge in [-0.15, -0.1) is 0 Å². The molecule has 2 unspecified atom stereocenters. The number of nitrogens with zero attached hydrogens (tertiary/aromatic N) is 2. The van der Waals surface area contributed by atoms with Crippen LogP contribution in [-0.4, -0.2) is 34.8 Å². The van der Waals surface area contributed by atoms with Crippen molar-refractivity contribution < 1.29 is 9.47 Å². The summed E-state index contributed by atoms with van der Waals surface area (Å²) in [7, 11) is 0. The maximum absolute atomic E-state index is 5.93. The van der Waals surface area contributed by atoms with Crippen molar-refractivity contribution in [1.29, 1.82) is 0 Å². The summed E-state index contributed by atoms with van der Waals surface area (Å²) in [5, 5.41) is 3.21. The van der Waals surface area contributed by atoms with Crippen molar-refractivity contribution in [3.63, 3.8) is 0 Å². The fraction of sp³-hybridized carbons (Fsp3) is 0.733. The Labute approximate surface area is 121 Å². The SMILES string of the molecule is CCCNc1cnc(COC2CC(C)OC(C)C2)cn1. The van der Waals surface area contributed by atoms with Crippen LogP contribution in [0.15, 0.2) is 12.4 Å². The van der Waals surface area contributed by atoms with Crippen LogP contribution in [0.1, 0.15) is 45.7 Å². The van der Waals surface area contributed by atoms with Gasteiger partial charge in [0.05, 0.1) is 43.0 Å². The standard InChI is InChI=1S/C15H25N3O2/c1-4-5-16-15-9-17-13(8-18-15)10-19-14-6-11(2)20-12(3)7-14/h8-9,11-12,14H,4-7,10H2,1-3H3,(H,16,18). The Balaban J connectivity index is 1.78. The van der Waals surface area contributed by atoms with Crippen LogP contribution in [-0.2, 0) is 16.1 Å². The molecular weight excluding hydrogens is 254 g/mol. The largest absolute Gasteiger partial charge is 0.375 e. The van der Waals surface area contributed by atoms with E-state index in [1.165, 1.54) is 0 Å². The molecule has 112 valence electrons. The molecule has 1 saturated heterocycles. The Kier molecular flexibility index (Phi) is 5.73. The van der Waals surface area contributed by atoms with Crippen molar-refractivity contribution in [2.75, 3.05) is 11.9 Å². The first-order valence-electron chi connectivity index (χ1n) is 7.49. The molecule has 2 heterocycles. The molecule has 2 atom stereocenters. The summed E-state index contributed by atoms with van der Waals surface area (Å²) in [6, 6.07) is 0. The summed E-state index contributed by atoms with van der Waals surface area (Å²) >= 11 is 0. The van der Waals surface area contributed by atoms with Gasteiger partial charge in [-0.25, -0.2) is 4.98 Å². The van der Waals surface area contributed by atoms with Gasteiger partial charge in [0, 0.05) is 6.54 Å². The Hall–Kier alpha value is -1.20. The molecule has 0 spiro atoms. The smallest absolute Gasteiger partial charge is 0.144 e. The second kappa shape index (κ2) is 7.55. The lowest BCUT2D eigenvalue weighted by atomic mass is 10.0. The molecule has 1 fully saturated rings.